The van der Waals surface area contributed by atoms with Gasteiger partial charge in [-0.15, -0.1) is 0 Å². The Bertz CT molecular complexity index is 1050. The zero-order valence-electron chi connectivity index (χ0n) is 18.3. The molecule has 0 bridgehead atoms. The lowest BCUT2D eigenvalue weighted by molar-refractivity contribution is 0.383. The van der Waals surface area contributed by atoms with Gasteiger partial charge in [0.25, 0.3) is 0 Å². The molecule has 0 aromatic heterocycles. The van der Waals surface area contributed by atoms with E-state index in [1.54, 1.807) is 16.7 Å². The highest BCUT2D eigenvalue weighted by molar-refractivity contribution is 5.95. The van der Waals surface area contributed by atoms with E-state index in [1.807, 2.05) is 0 Å². The first-order valence-corrected chi connectivity index (χ1v) is 11.3. The minimum atomic E-state index is 0.183. The number of rotatable bonds is 6. The molecule has 146 valence electrons. The summed E-state index contributed by atoms with van der Waals surface area (Å²) < 4.78 is 0. The van der Waals surface area contributed by atoms with Crippen LogP contribution in [0.1, 0.15) is 72.3 Å². The van der Waals surface area contributed by atoms with Gasteiger partial charge in [0.05, 0.1) is 0 Å². The van der Waals surface area contributed by atoms with Crippen LogP contribution in [0.5, 0.6) is 0 Å². The summed E-state index contributed by atoms with van der Waals surface area (Å²) >= 11 is 0. The molecule has 1 aromatic rings. The Balaban J connectivity index is 2.15. The fourth-order valence-corrected chi connectivity index (χ4v) is 6.01. The molecule has 0 aliphatic heterocycles. The van der Waals surface area contributed by atoms with Crippen LogP contribution in [0.4, 0.5) is 0 Å². The van der Waals surface area contributed by atoms with Crippen LogP contribution < -0.4 is 10.4 Å². The molecule has 0 atom stereocenters. The number of allylic oxidation sites excluding steroid dienone is 8. The van der Waals surface area contributed by atoms with Crippen LogP contribution in [0.25, 0.3) is 11.6 Å². The highest BCUT2D eigenvalue weighted by Crippen LogP contribution is 2.56. The Morgan fingerprint density at radius 2 is 1.71 bits per heavy atom. The van der Waals surface area contributed by atoms with Gasteiger partial charge in [0.2, 0.25) is 0 Å². The van der Waals surface area contributed by atoms with Crippen molar-refractivity contribution in [2.24, 2.45) is 5.41 Å². The number of hydrogen-bond acceptors (Lipinski definition) is 0. The Hall–Kier alpha value is -2.08. The predicted octanol–water partition coefficient (Wildman–Crippen LogP) is 6.31. The van der Waals surface area contributed by atoms with Crippen molar-refractivity contribution in [1.82, 2.24) is 0 Å². The van der Waals surface area contributed by atoms with Crippen molar-refractivity contribution < 1.29 is 0 Å². The third kappa shape index (κ3) is 2.57. The first-order chi connectivity index (χ1) is 13.6. The average Bonchev–Trinajstić information content (AvgIpc) is 3.38. The molecule has 28 heavy (non-hydrogen) atoms. The van der Waals surface area contributed by atoms with E-state index in [0.29, 0.717) is 0 Å². The maximum atomic E-state index is 2.51. The second-order valence-corrected chi connectivity index (χ2v) is 8.36. The van der Waals surface area contributed by atoms with E-state index in [9.17, 15) is 0 Å². The molecular weight excluding hydrogens is 336 g/mol. The second kappa shape index (κ2) is 7.39. The summed E-state index contributed by atoms with van der Waals surface area (Å²) in [6.45, 7) is 11.8. The van der Waals surface area contributed by atoms with Crippen molar-refractivity contribution >= 4 is 11.6 Å². The van der Waals surface area contributed by atoms with Gasteiger partial charge in [0, 0.05) is 5.41 Å². The largest absolute Gasteiger partial charge is 0.0801 e. The average molecular weight is 371 g/mol. The fraction of sp³-hybridized carbons (Fsp3) is 0.429. The van der Waals surface area contributed by atoms with Gasteiger partial charge in [0.15, 0.2) is 0 Å². The van der Waals surface area contributed by atoms with E-state index in [4.69, 9.17) is 0 Å². The second-order valence-electron chi connectivity index (χ2n) is 8.36. The van der Waals surface area contributed by atoms with Crippen molar-refractivity contribution in [1.29, 1.82) is 0 Å². The van der Waals surface area contributed by atoms with Crippen LogP contribution in [0.3, 0.4) is 0 Å². The van der Waals surface area contributed by atoms with Crippen LogP contribution in [-0.4, -0.2) is 0 Å². The molecule has 0 nitrogen and oxygen atoms in total. The summed E-state index contributed by atoms with van der Waals surface area (Å²) in [5, 5.41) is 2.89. The van der Waals surface area contributed by atoms with Gasteiger partial charge in [-0.05, 0) is 88.5 Å². The summed E-state index contributed by atoms with van der Waals surface area (Å²) in [5.41, 5.74) is 11.2. The summed E-state index contributed by atoms with van der Waals surface area (Å²) in [5.74, 6) is 0. The summed E-state index contributed by atoms with van der Waals surface area (Å²) in [4.78, 5) is 0. The van der Waals surface area contributed by atoms with Gasteiger partial charge in [0.1, 0.15) is 0 Å². The van der Waals surface area contributed by atoms with E-state index in [-0.39, 0.29) is 5.41 Å². The Kier molecular flexibility index (Phi) is 5.08. The van der Waals surface area contributed by atoms with Gasteiger partial charge in [-0.25, -0.2) is 0 Å². The number of hydrogen-bond donors (Lipinski definition) is 0. The highest BCUT2D eigenvalue weighted by Gasteiger charge is 2.43. The molecule has 3 aliphatic carbocycles. The SMILES string of the molecule is CCC1=C(CC)C(CC)(CC)C(C2=CC=CC2)=C2C=c3cc(CC)ccc3=C21. The summed E-state index contributed by atoms with van der Waals surface area (Å²) in [7, 11) is 0. The Labute approximate surface area is 170 Å². The fourth-order valence-electron chi connectivity index (χ4n) is 6.01. The minimum absolute atomic E-state index is 0.183. The van der Waals surface area contributed by atoms with E-state index in [1.165, 1.54) is 45.6 Å². The number of aryl methyl sites for hydroxylation is 1. The lowest BCUT2D eigenvalue weighted by Crippen LogP contribution is -2.32. The monoisotopic (exact) mass is 370 g/mol. The molecule has 0 radical (unpaired) electrons. The smallest absolute Gasteiger partial charge is 0.0171 e. The number of fused-ring (bicyclic) bond motifs is 2. The van der Waals surface area contributed by atoms with Crippen molar-refractivity contribution in [2.75, 3.05) is 0 Å². The summed E-state index contributed by atoms with van der Waals surface area (Å²) in [6.07, 6.45) is 16.3. The van der Waals surface area contributed by atoms with E-state index < -0.39 is 0 Å². The standard InChI is InChI=1S/C28H34/c1-6-19-15-16-23-21(17-19)18-24-26(23)22(7-2)25(8-3)28(9-4,10-5)27(24)20-13-11-12-14-20/h11-13,15-18H,6-10,14H2,1-5H3. The molecular formula is C28H34. The third-order valence-corrected chi connectivity index (χ3v) is 7.36. The topological polar surface area (TPSA) is 0 Å². The molecule has 0 heteroatoms. The van der Waals surface area contributed by atoms with Gasteiger partial charge in [-0.1, -0.05) is 76.6 Å². The molecule has 1 aromatic carbocycles. The van der Waals surface area contributed by atoms with Crippen molar-refractivity contribution in [2.45, 2.75) is 73.1 Å². The van der Waals surface area contributed by atoms with E-state index >= 15 is 0 Å². The van der Waals surface area contributed by atoms with Crippen LogP contribution in [-0.2, 0) is 6.42 Å². The van der Waals surface area contributed by atoms with E-state index in [0.717, 1.165) is 25.7 Å². The highest BCUT2D eigenvalue weighted by atomic mass is 14.5. The van der Waals surface area contributed by atoms with Gasteiger partial charge >= 0.3 is 0 Å². The lowest BCUT2D eigenvalue weighted by Gasteiger charge is -2.44. The van der Waals surface area contributed by atoms with Crippen LogP contribution in [0.15, 0.2) is 64.3 Å². The lowest BCUT2D eigenvalue weighted by atomic mass is 9.59. The van der Waals surface area contributed by atoms with Gasteiger partial charge in [-0.3, -0.25) is 0 Å². The van der Waals surface area contributed by atoms with Gasteiger partial charge in [-0.2, -0.15) is 0 Å². The van der Waals surface area contributed by atoms with Crippen molar-refractivity contribution in [3.8, 4) is 0 Å². The normalized spacial score (nSPS) is 19.8. The molecule has 0 saturated carbocycles. The van der Waals surface area contributed by atoms with Crippen LogP contribution >= 0.6 is 0 Å². The molecule has 0 unspecified atom stereocenters. The van der Waals surface area contributed by atoms with Crippen LogP contribution in [0, 0.1) is 5.41 Å². The molecule has 0 heterocycles. The zero-order chi connectivity index (χ0) is 19.9. The first kappa shape index (κ1) is 19.2. The number of benzene rings is 1. The molecule has 4 rings (SSSR count). The van der Waals surface area contributed by atoms with E-state index in [2.05, 4.69) is 77.1 Å². The Morgan fingerprint density at radius 1 is 0.929 bits per heavy atom. The first-order valence-electron chi connectivity index (χ1n) is 11.3. The predicted molar refractivity (Wildman–Crippen MR) is 122 cm³/mol. The maximum absolute atomic E-state index is 2.51. The zero-order valence-corrected chi connectivity index (χ0v) is 18.3. The summed E-state index contributed by atoms with van der Waals surface area (Å²) in [6, 6.07) is 7.14. The molecule has 3 aliphatic rings. The third-order valence-electron chi connectivity index (χ3n) is 7.36. The van der Waals surface area contributed by atoms with Crippen LogP contribution in [0.2, 0.25) is 0 Å². The van der Waals surface area contributed by atoms with Crippen molar-refractivity contribution in [3.05, 3.63) is 80.3 Å². The van der Waals surface area contributed by atoms with Crippen molar-refractivity contribution in [3.63, 3.8) is 0 Å². The quantitative estimate of drug-likeness (QED) is 0.550. The Morgan fingerprint density at radius 3 is 2.29 bits per heavy atom. The molecule has 0 N–H and O–H groups in total. The molecule has 0 saturated heterocycles. The molecule has 0 amide bonds. The maximum Gasteiger partial charge on any atom is 0.0171 e. The minimum Gasteiger partial charge on any atom is -0.0801 e. The molecule has 0 fully saturated rings. The molecule has 0 spiro atoms. The van der Waals surface area contributed by atoms with Gasteiger partial charge < -0.3 is 0 Å².